The molecule has 0 fully saturated rings. The number of rotatable bonds is 6. The van der Waals surface area contributed by atoms with E-state index in [-0.39, 0.29) is 22.0 Å². The molecule has 0 radical (unpaired) electrons. The minimum atomic E-state index is -4.14. The van der Waals surface area contributed by atoms with Crippen LogP contribution < -0.4 is 4.72 Å². The molecule has 0 saturated heterocycles. The Kier molecular flexibility index (Phi) is 5.77. The monoisotopic (exact) mass is 466 g/mol. The Morgan fingerprint density at radius 3 is 2.28 bits per heavy atom. The second-order valence-corrected chi connectivity index (χ2v) is 9.81. The lowest BCUT2D eigenvalue weighted by atomic mass is 10.1. The van der Waals surface area contributed by atoms with Crippen molar-refractivity contribution in [3.63, 3.8) is 0 Å². The number of phenols is 1. The minimum Gasteiger partial charge on any atom is -0.506 e. The van der Waals surface area contributed by atoms with Gasteiger partial charge in [-0.25, -0.2) is 8.42 Å². The second kappa shape index (κ2) is 8.52. The van der Waals surface area contributed by atoms with Crippen LogP contribution in [0.5, 0.6) is 5.75 Å². The average molecular weight is 467 g/mol. The molecule has 0 aromatic heterocycles. The Balaban J connectivity index is 1.83. The zero-order valence-electron chi connectivity index (χ0n) is 16.8. The van der Waals surface area contributed by atoms with Crippen molar-refractivity contribution in [2.75, 3.05) is 4.72 Å². The normalized spacial score (nSPS) is 11.4. The van der Waals surface area contributed by atoms with Gasteiger partial charge in [0, 0.05) is 27.8 Å². The third-order valence-corrected chi connectivity index (χ3v) is 7.42. The molecule has 0 unspecified atom stereocenters. The Morgan fingerprint density at radius 2 is 1.59 bits per heavy atom. The number of hydrogen-bond acceptors (Lipinski definition) is 6. The molecule has 9 heteroatoms. The van der Waals surface area contributed by atoms with Gasteiger partial charge in [0.25, 0.3) is 15.7 Å². The number of aromatic hydroxyl groups is 1. The van der Waals surface area contributed by atoms with Crippen LogP contribution in [0.1, 0.15) is 5.56 Å². The van der Waals surface area contributed by atoms with Gasteiger partial charge in [0.05, 0.1) is 20.4 Å². The van der Waals surface area contributed by atoms with Gasteiger partial charge >= 0.3 is 0 Å². The van der Waals surface area contributed by atoms with Crippen molar-refractivity contribution in [1.29, 1.82) is 0 Å². The first-order valence-electron chi connectivity index (χ1n) is 9.52. The topological polar surface area (TPSA) is 110 Å². The molecule has 0 aliphatic carbocycles. The van der Waals surface area contributed by atoms with E-state index in [4.69, 9.17) is 0 Å². The number of nitrogens with one attached hydrogen (secondary N) is 1. The van der Waals surface area contributed by atoms with E-state index in [1.54, 1.807) is 37.3 Å². The summed E-state index contributed by atoms with van der Waals surface area (Å²) < 4.78 is 28.9. The van der Waals surface area contributed by atoms with Gasteiger partial charge in [-0.1, -0.05) is 60.3 Å². The second-order valence-electron chi connectivity index (χ2n) is 7.04. The molecule has 4 aromatic rings. The van der Waals surface area contributed by atoms with E-state index in [9.17, 15) is 23.6 Å². The van der Waals surface area contributed by atoms with Crippen LogP contribution in [0, 0.1) is 17.0 Å². The van der Waals surface area contributed by atoms with E-state index in [2.05, 4.69) is 4.72 Å². The molecule has 0 saturated carbocycles. The molecular formula is C23H18N2O5S2. The molecule has 0 bridgehead atoms. The number of hydrogen-bond donors (Lipinski definition) is 2. The summed E-state index contributed by atoms with van der Waals surface area (Å²) in [4.78, 5) is 11.7. The zero-order chi connectivity index (χ0) is 22.9. The molecule has 4 aromatic carbocycles. The van der Waals surface area contributed by atoms with Gasteiger partial charge in [0.15, 0.2) is 0 Å². The maximum Gasteiger partial charge on any atom is 0.270 e. The summed E-state index contributed by atoms with van der Waals surface area (Å²) in [6.07, 6.45) is 0. The summed E-state index contributed by atoms with van der Waals surface area (Å²) in [6.45, 7) is 1.57. The highest BCUT2D eigenvalue weighted by Gasteiger charge is 2.23. The molecule has 0 atom stereocenters. The number of non-ortho nitro benzene ring substituents is 1. The summed E-state index contributed by atoms with van der Waals surface area (Å²) in [5.41, 5.74) is 0.333. The van der Waals surface area contributed by atoms with E-state index in [0.29, 0.717) is 21.2 Å². The summed E-state index contributed by atoms with van der Waals surface area (Å²) in [5.74, 6) is 0.0453. The Morgan fingerprint density at radius 1 is 0.938 bits per heavy atom. The number of benzene rings is 4. The molecular weight excluding hydrogens is 448 g/mol. The highest BCUT2D eigenvalue weighted by molar-refractivity contribution is 7.99. The van der Waals surface area contributed by atoms with Crippen molar-refractivity contribution in [3.05, 3.63) is 94.5 Å². The average Bonchev–Trinajstić information content (AvgIpc) is 2.77. The molecule has 0 heterocycles. The fraction of sp³-hybridized carbons (Fsp3) is 0.0435. The number of nitro groups is 1. The zero-order valence-corrected chi connectivity index (χ0v) is 18.5. The molecule has 4 rings (SSSR count). The van der Waals surface area contributed by atoms with Crippen LogP contribution in [0.25, 0.3) is 10.8 Å². The van der Waals surface area contributed by atoms with Gasteiger partial charge in [-0.05, 0) is 30.7 Å². The van der Waals surface area contributed by atoms with E-state index in [1.165, 1.54) is 23.9 Å². The number of phenolic OH excluding ortho intramolecular Hbond substituents is 1. The van der Waals surface area contributed by atoms with Crippen LogP contribution in [0.2, 0.25) is 0 Å². The number of anilines is 1. The standard InChI is InChI=1S/C23H18N2O5S2/c1-15-11-12-16(25(27)28)13-22(15)32(29,30)24-20-14-21(31-17-7-3-2-4-8-17)23(26)19-10-6-5-9-18(19)20/h2-14,24,26H,1H3. The summed E-state index contributed by atoms with van der Waals surface area (Å²) in [7, 11) is -4.14. The van der Waals surface area contributed by atoms with Crippen LogP contribution in [0.3, 0.4) is 0 Å². The van der Waals surface area contributed by atoms with Crippen molar-refractivity contribution in [2.45, 2.75) is 21.6 Å². The van der Waals surface area contributed by atoms with Crippen LogP contribution in [-0.2, 0) is 10.0 Å². The third kappa shape index (κ3) is 4.25. The van der Waals surface area contributed by atoms with Gasteiger partial charge in [0.2, 0.25) is 0 Å². The predicted octanol–water partition coefficient (Wildman–Crippen LogP) is 5.71. The predicted molar refractivity (Wildman–Crippen MR) is 125 cm³/mol. The Labute approximate surface area is 188 Å². The smallest absolute Gasteiger partial charge is 0.270 e. The lowest BCUT2D eigenvalue weighted by Crippen LogP contribution is -2.15. The molecule has 0 aliphatic rings. The van der Waals surface area contributed by atoms with E-state index < -0.39 is 14.9 Å². The highest BCUT2D eigenvalue weighted by atomic mass is 32.2. The lowest BCUT2D eigenvalue weighted by Gasteiger charge is -2.15. The number of nitro benzene ring substituents is 1. The number of nitrogens with zero attached hydrogens (tertiary/aromatic N) is 1. The molecule has 2 N–H and O–H groups in total. The first-order valence-corrected chi connectivity index (χ1v) is 11.8. The Bertz CT molecular complexity index is 1440. The first-order chi connectivity index (χ1) is 15.3. The Hall–Kier alpha value is -3.56. The minimum absolute atomic E-state index is 0.0453. The first kappa shape index (κ1) is 21.7. The van der Waals surface area contributed by atoms with Crippen molar-refractivity contribution < 1.29 is 18.4 Å². The molecule has 32 heavy (non-hydrogen) atoms. The van der Waals surface area contributed by atoms with Crippen molar-refractivity contribution in [3.8, 4) is 5.75 Å². The third-order valence-electron chi connectivity index (χ3n) is 4.87. The maximum atomic E-state index is 13.2. The van der Waals surface area contributed by atoms with Crippen molar-refractivity contribution in [2.24, 2.45) is 0 Å². The molecule has 7 nitrogen and oxygen atoms in total. The van der Waals surface area contributed by atoms with Crippen LogP contribution in [0.15, 0.2) is 93.5 Å². The molecule has 0 spiro atoms. The maximum absolute atomic E-state index is 13.2. The highest BCUT2D eigenvalue weighted by Crippen LogP contribution is 2.43. The van der Waals surface area contributed by atoms with Crippen LogP contribution in [-0.4, -0.2) is 18.4 Å². The van der Waals surface area contributed by atoms with Gasteiger partial charge in [-0.2, -0.15) is 0 Å². The largest absolute Gasteiger partial charge is 0.506 e. The van der Waals surface area contributed by atoms with E-state index in [0.717, 1.165) is 11.0 Å². The fourth-order valence-electron chi connectivity index (χ4n) is 3.30. The number of sulfonamides is 1. The van der Waals surface area contributed by atoms with Crippen LogP contribution >= 0.6 is 11.8 Å². The number of aryl methyl sites for hydroxylation is 1. The van der Waals surface area contributed by atoms with Gasteiger partial charge in [0.1, 0.15) is 5.75 Å². The summed E-state index contributed by atoms with van der Waals surface area (Å²) >= 11 is 1.30. The summed E-state index contributed by atoms with van der Waals surface area (Å²) in [6, 6.07) is 21.6. The lowest BCUT2D eigenvalue weighted by molar-refractivity contribution is -0.385. The molecule has 162 valence electrons. The van der Waals surface area contributed by atoms with E-state index in [1.807, 2.05) is 30.3 Å². The quantitative estimate of drug-likeness (QED) is 0.214. The van der Waals surface area contributed by atoms with Crippen LogP contribution in [0.4, 0.5) is 11.4 Å². The molecule has 0 aliphatic heterocycles. The number of fused-ring (bicyclic) bond motifs is 1. The fourth-order valence-corrected chi connectivity index (χ4v) is 5.57. The summed E-state index contributed by atoms with van der Waals surface area (Å²) in [5, 5.41) is 23.0. The molecule has 0 amide bonds. The van der Waals surface area contributed by atoms with Crippen molar-refractivity contribution >= 4 is 43.9 Å². The SMILES string of the molecule is Cc1ccc([N+](=O)[O-])cc1S(=O)(=O)Nc1cc(Sc2ccccc2)c(O)c2ccccc12. The van der Waals surface area contributed by atoms with Gasteiger partial charge in [-0.3, -0.25) is 14.8 Å². The van der Waals surface area contributed by atoms with Gasteiger partial charge < -0.3 is 5.11 Å². The van der Waals surface area contributed by atoms with Crippen molar-refractivity contribution in [1.82, 2.24) is 0 Å². The van der Waals surface area contributed by atoms with Gasteiger partial charge in [-0.15, -0.1) is 0 Å². The van der Waals surface area contributed by atoms with E-state index >= 15 is 0 Å².